The Labute approximate surface area is 159 Å². The maximum absolute atomic E-state index is 5.62. The number of hydrogen-bond donors (Lipinski definition) is 0. The molecule has 0 rings (SSSR count). The van der Waals surface area contributed by atoms with Gasteiger partial charge in [-0.05, 0) is 18.8 Å². The van der Waals surface area contributed by atoms with Crippen LogP contribution in [0.2, 0.25) is 0 Å². The first kappa shape index (κ1) is 25.1. The molecule has 0 saturated heterocycles. The topological polar surface area (TPSA) is 46.2 Å². The van der Waals surface area contributed by atoms with Crippen molar-refractivity contribution in [1.82, 2.24) is 0 Å². The fourth-order valence-corrected chi connectivity index (χ4v) is 2.12. The summed E-state index contributed by atoms with van der Waals surface area (Å²) in [5.41, 5.74) is 0. The SMILES string of the molecule is CCC(C)COCCOCCOCCOCCOCCCCCCCl. The van der Waals surface area contributed by atoms with E-state index in [4.69, 9.17) is 35.3 Å². The molecule has 152 valence electrons. The minimum atomic E-state index is 0.590. The highest BCUT2D eigenvalue weighted by atomic mass is 35.5. The predicted molar refractivity (Wildman–Crippen MR) is 103 cm³/mol. The smallest absolute Gasteiger partial charge is 0.0701 e. The molecule has 6 heteroatoms. The first-order valence-electron chi connectivity index (χ1n) is 9.75. The van der Waals surface area contributed by atoms with Gasteiger partial charge in [0.25, 0.3) is 0 Å². The van der Waals surface area contributed by atoms with Gasteiger partial charge in [0.2, 0.25) is 0 Å². The second-order valence-corrected chi connectivity index (χ2v) is 6.52. The molecule has 0 aromatic rings. The molecule has 1 atom stereocenters. The third-order valence-corrected chi connectivity index (χ3v) is 4.03. The van der Waals surface area contributed by atoms with E-state index < -0.39 is 0 Å². The van der Waals surface area contributed by atoms with Gasteiger partial charge in [-0.15, -0.1) is 11.6 Å². The van der Waals surface area contributed by atoms with Crippen molar-refractivity contribution in [1.29, 1.82) is 0 Å². The summed E-state index contributed by atoms with van der Waals surface area (Å²) >= 11 is 5.62. The summed E-state index contributed by atoms with van der Waals surface area (Å²) in [4.78, 5) is 0. The molecule has 0 saturated carbocycles. The van der Waals surface area contributed by atoms with Crippen LogP contribution >= 0.6 is 11.6 Å². The van der Waals surface area contributed by atoms with Crippen LogP contribution in [0.4, 0.5) is 0 Å². The van der Waals surface area contributed by atoms with Gasteiger partial charge in [0.05, 0.1) is 52.9 Å². The zero-order valence-electron chi connectivity index (χ0n) is 16.3. The van der Waals surface area contributed by atoms with Crippen LogP contribution in [0.3, 0.4) is 0 Å². The molecular weight excluding hydrogens is 344 g/mol. The molecule has 0 bridgehead atoms. The fraction of sp³-hybridized carbons (Fsp3) is 1.00. The van der Waals surface area contributed by atoms with Crippen molar-refractivity contribution >= 4 is 11.6 Å². The van der Waals surface area contributed by atoms with E-state index >= 15 is 0 Å². The molecule has 0 heterocycles. The molecular formula is C19H39ClO5. The fourth-order valence-electron chi connectivity index (χ4n) is 1.93. The summed E-state index contributed by atoms with van der Waals surface area (Å²) in [6, 6.07) is 0. The Morgan fingerprint density at radius 2 is 1.04 bits per heavy atom. The largest absolute Gasteiger partial charge is 0.379 e. The molecule has 0 N–H and O–H groups in total. The van der Waals surface area contributed by atoms with Gasteiger partial charge >= 0.3 is 0 Å². The Hall–Kier alpha value is 0.0900. The summed E-state index contributed by atoms with van der Waals surface area (Å²) in [7, 11) is 0. The Morgan fingerprint density at radius 3 is 1.52 bits per heavy atom. The quantitative estimate of drug-likeness (QED) is 0.222. The van der Waals surface area contributed by atoms with Gasteiger partial charge in [0, 0.05) is 19.1 Å². The number of alkyl halides is 1. The van der Waals surface area contributed by atoms with Crippen molar-refractivity contribution < 1.29 is 23.7 Å². The molecule has 5 nitrogen and oxygen atoms in total. The van der Waals surface area contributed by atoms with Crippen molar-refractivity contribution in [2.45, 2.75) is 46.0 Å². The number of rotatable bonds is 21. The molecule has 0 spiro atoms. The monoisotopic (exact) mass is 382 g/mol. The second-order valence-electron chi connectivity index (χ2n) is 6.14. The molecule has 0 aliphatic carbocycles. The average molecular weight is 383 g/mol. The highest BCUT2D eigenvalue weighted by Gasteiger charge is 1.98. The van der Waals surface area contributed by atoms with E-state index in [0.29, 0.717) is 58.8 Å². The Morgan fingerprint density at radius 1 is 0.600 bits per heavy atom. The lowest BCUT2D eigenvalue weighted by molar-refractivity contribution is -0.0133. The minimum absolute atomic E-state index is 0.590. The number of hydrogen-bond acceptors (Lipinski definition) is 5. The third kappa shape index (κ3) is 22.0. The lowest BCUT2D eigenvalue weighted by atomic mass is 10.1. The molecule has 0 aliphatic rings. The van der Waals surface area contributed by atoms with Crippen LogP contribution in [0.1, 0.15) is 46.0 Å². The first-order chi connectivity index (χ1) is 12.3. The van der Waals surface area contributed by atoms with E-state index in [0.717, 1.165) is 38.4 Å². The molecule has 0 fully saturated rings. The summed E-state index contributed by atoms with van der Waals surface area (Å²) in [5, 5.41) is 0. The van der Waals surface area contributed by atoms with E-state index in [1.54, 1.807) is 0 Å². The van der Waals surface area contributed by atoms with Crippen LogP contribution in [-0.2, 0) is 23.7 Å². The van der Waals surface area contributed by atoms with Crippen molar-refractivity contribution in [3.05, 3.63) is 0 Å². The number of ether oxygens (including phenoxy) is 5. The Kier molecular flexibility index (Phi) is 22.2. The minimum Gasteiger partial charge on any atom is -0.379 e. The van der Waals surface area contributed by atoms with Gasteiger partial charge in [-0.2, -0.15) is 0 Å². The van der Waals surface area contributed by atoms with E-state index in [1.165, 1.54) is 12.8 Å². The maximum Gasteiger partial charge on any atom is 0.0701 e. The summed E-state index contributed by atoms with van der Waals surface area (Å²) < 4.78 is 27.3. The maximum atomic E-state index is 5.62. The number of unbranched alkanes of at least 4 members (excludes halogenated alkanes) is 3. The highest BCUT2D eigenvalue weighted by Crippen LogP contribution is 2.01. The van der Waals surface area contributed by atoms with Crippen molar-refractivity contribution in [2.75, 3.05) is 71.9 Å². The van der Waals surface area contributed by atoms with Gasteiger partial charge in [-0.1, -0.05) is 33.1 Å². The van der Waals surface area contributed by atoms with Crippen LogP contribution < -0.4 is 0 Å². The number of halogens is 1. The Balaban J connectivity index is 2.98. The van der Waals surface area contributed by atoms with E-state index in [9.17, 15) is 0 Å². The van der Waals surface area contributed by atoms with E-state index in [1.807, 2.05) is 0 Å². The lowest BCUT2D eigenvalue weighted by Crippen LogP contribution is -2.14. The van der Waals surface area contributed by atoms with Crippen LogP contribution in [0, 0.1) is 5.92 Å². The zero-order valence-corrected chi connectivity index (χ0v) is 17.1. The van der Waals surface area contributed by atoms with Gasteiger partial charge in [-0.3, -0.25) is 0 Å². The van der Waals surface area contributed by atoms with E-state index in [-0.39, 0.29) is 0 Å². The molecule has 0 amide bonds. The van der Waals surface area contributed by atoms with Crippen molar-refractivity contribution in [3.8, 4) is 0 Å². The van der Waals surface area contributed by atoms with Crippen molar-refractivity contribution in [2.24, 2.45) is 5.92 Å². The zero-order chi connectivity index (χ0) is 18.4. The second kappa shape index (κ2) is 22.1. The molecule has 25 heavy (non-hydrogen) atoms. The van der Waals surface area contributed by atoms with Gasteiger partial charge in [0.15, 0.2) is 0 Å². The predicted octanol–water partition coefficient (Wildman–Crippen LogP) is 3.91. The third-order valence-electron chi connectivity index (χ3n) is 3.76. The van der Waals surface area contributed by atoms with Crippen molar-refractivity contribution in [3.63, 3.8) is 0 Å². The van der Waals surface area contributed by atoms with Gasteiger partial charge in [0.1, 0.15) is 0 Å². The summed E-state index contributed by atoms with van der Waals surface area (Å²) in [6.07, 6.45) is 5.73. The van der Waals surface area contributed by atoms with E-state index in [2.05, 4.69) is 13.8 Å². The molecule has 0 aliphatic heterocycles. The van der Waals surface area contributed by atoms with Crippen LogP contribution in [0.15, 0.2) is 0 Å². The normalized spacial score (nSPS) is 12.6. The average Bonchev–Trinajstić information content (AvgIpc) is 2.63. The van der Waals surface area contributed by atoms with Gasteiger partial charge in [-0.25, -0.2) is 0 Å². The molecule has 1 unspecified atom stereocenters. The highest BCUT2D eigenvalue weighted by molar-refractivity contribution is 6.17. The summed E-state index contributed by atoms with van der Waals surface area (Å²) in [5.74, 6) is 1.38. The van der Waals surface area contributed by atoms with Crippen LogP contribution in [-0.4, -0.2) is 71.9 Å². The molecule has 0 aromatic carbocycles. The summed E-state index contributed by atoms with van der Waals surface area (Å²) in [6.45, 7) is 10.9. The van der Waals surface area contributed by atoms with Crippen LogP contribution in [0.25, 0.3) is 0 Å². The molecule has 0 radical (unpaired) electrons. The molecule has 0 aromatic heterocycles. The first-order valence-corrected chi connectivity index (χ1v) is 10.3. The van der Waals surface area contributed by atoms with Gasteiger partial charge < -0.3 is 23.7 Å². The Bertz CT molecular complexity index is 244. The lowest BCUT2D eigenvalue weighted by Gasteiger charge is -2.10. The van der Waals surface area contributed by atoms with Crippen LogP contribution in [0.5, 0.6) is 0 Å². The standard InChI is InChI=1S/C19H39ClO5/c1-3-19(2)18-25-17-16-24-15-14-23-13-12-22-11-10-21-9-7-5-4-6-8-20/h19H,3-18H2,1-2H3.